The first-order chi connectivity index (χ1) is 9.20. The van der Waals surface area contributed by atoms with Gasteiger partial charge in [0.15, 0.2) is 0 Å². The molecule has 2 N–H and O–H groups in total. The maximum atomic E-state index is 10.7. The van der Waals surface area contributed by atoms with Crippen LogP contribution in [0.1, 0.15) is 11.1 Å². The summed E-state index contributed by atoms with van der Waals surface area (Å²) in [6.45, 7) is 0.530. The molecule has 6 nitrogen and oxygen atoms in total. The minimum atomic E-state index is -0.454. The SMILES string of the molecule is NCc1cc([N+](=O)[O-])ccc1OCc1cccnc1. The predicted molar refractivity (Wildman–Crippen MR) is 69.6 cm³/mol. The third-order valence-corrected chi connectivity index (χ3v) is 2.59. The number of nitrogens with zero attached hydrogens (tertiary/aromatic N) is 2. The summed E-state index contributed by atoms with van der Waals surface area (Å²) in [4.78, 5) is 14.2. The van der Waals surface area contributed by atoms with Crippen molar-refractivity contribution in [2.45, 2.75) is 13.2 Å². The molecular formula is C13H13N3O3. The van der Waals surface area contributed by atoms with Crippen LogP contribution in [0, 0.1) is 10.1 Å². The Labute approximate surface area is 110 Å². The van der Waals surface area contributed by atoms with E-state index < -0.39 is 4.92 Å². The quantitative estimate of drug-likeness (QED) is 0.655. The van der Waals surface area contributed by atoms with E-state index in [-0.39, 0.29) is 12.2 Å². The van der Waals surface area contributed by atoms with Crippen LogP contribution >= 0.6 is 0 Å². The number of non-ortho nitro benzene ring substituents is 1. The molecule has 0 atom stereocenters. The van der Waals surface area contributed by atoms with Crippen molar-refractivity contribution in [3.63, 3.8) is 0 Å². The average Bonchev–Trinajstić information content (AvgIpc) is 2.45. The van der Waals surface area contributed by atoms with Crippen molar-refractivity contribution in [3.8, 4) is 5.75 Å². The number of aromatic nitrogens is 1. The Hall–Kier alpha value is -2.47. The van der Waals surface area contributed by atoms with E-state index in [0.717, 1.165) is 5.56 Å². The molecule has 0 fully saturated rings. The molecule has 0 aliphatic rings. The fourth-order valence-corrected chi connectivity index (χ4v) is 1.62. The van der Waals surface area contributed by atoms with Crippen molar-refractivity contribution in [2.75, 3.05) is 0 Å². The first-order valence-corrected chi connectivity index (χ1v) is 5.70. The largest absolute Gasteiger partial charge is 0.489 e. The predicted octanol–water partition coefficient (Wildman–Crippen LogP) is 2.03. The van der Waals surface area contributed by atoms with Crippen LogP contribution in [0.5, 0.6) is 5.75 Å². The van der Waals surface area contributed by atoms with Crippen LogP contribution in [0.15, 0.2) is 42.7 Å². The fourth-order valence-electron chi connectivity index (χ4n) is 1.62. The number of nitrogens with two attached hydrogens (primary N) is 1. The van der Waals surface area contributed by atoms with Gasteiger partial charge >= 0.3 is 0 Å². The molecule has 0 aliphatic heterocycles. The molecule has 6 heteroatoms. The monoisotopic (exact) mass is 259 g/mol. The van der Waals surface area contributed by atoms with Gasteiger partial charge in [0, 0.05) is 42.2 Å². The summed E-state index contributed by atoms with van der Waals surface area (Å²) < 4.78 is 5.61. The summed E-state index contributed by atoms with van der Waals surface area (Å²) in [5, 5.41) is 10.7. The lowest BCUT2D eigenvalue weighted by atomic mass is 10.2. The zero-order chi connectivity index (χ0) is 13.7. The number of hydrogen-bond acceptors (Lipinski definition) is 5. The topological polar surface area (TPSA) is 91.3 Å². The third-order valence-electron chi connectivity index (χ3n) is 2.59. The number of nitro benzene ring substituents is 1. The molecule has 1 heterocycles. The minimum absolute atomic E-state index is 0.00850. The minimum Gasteiger partial charge on any atom is -0.489 e. The third kappa shape index (κ3) is 3.26. The van der Waals surface area contributed by atoms with E-state index in [4.69, 9.17) is 10.5 Å². The van der Waals surface area contributed by atoms with Crippen LogP contribution in [0.4, 0.5) is 5.69 Å². The van der Waals surface area contributed by atoms with Gasteiger partial charge in [-0.1, -0.05) is 6.07 Å². The Morgan fingerprint density at radius 1 is 1.37 bits per heavy atom. The Balaban J connectivity index is 2.14. The second-order valence-corrected chi connectivity index (χ2v) is 3.90. The van der Waals surface area contributed by atoms with Crippen molar-refractivity contribution in [2.24, 2.45) is 5.73 Å². The smallest absolute Gasteiger partial charge is 0.270 e. The van der Waals surface area contributed by atoms with Gasteiger partial charge in [0.2, 0.25) is 0 Å². The highest BCUT2D eigenvalue weighted by Gasteiger charge is 2.10. The van der Waals surface area contributed by atoms with E-state index in [1.807, 2.05) is 12.1 Å². The van der Waals surface area contributed by atoms with Gasteiger partial charge in [-0.3, -0.25) is 15.1 Å². The number of rotatable bonds is 5. The van der Waals surface area contributed by atoms with Crippen LogP contribution < -0.4 is 10.5 Å². The zero-order valence-corrected chi connectivity index (χ0v) is 10.2. The molecule has 19 heavy (non-hydrogen) atoms. The van der Waals surface area contributed by atoms with E-state index in [9.17, 15) is 10.1 Å². The molecule has 0 radical (unpaired) electrons. The number of nitro groups is 1. The Morgan fingerprint density at radius 3 is 2.84 bits per heavy atom. The highest BCUT2D eigenvalue weighted by molar-refractivity contribution is 5.43. The molecule has 0 bridgehead atoms. The maximum Gasteiger partial charge on any atom is 0.270 e. The first-order valence-electron chi connectivity index (χ1n) is 5.70. The van der Waals surface area contributed by atoms with Crippen LogP contribution in [-0.4, -0.2) is 9.91 Å². The van der Waals surface area contributed by atoms with Crippen molar-refractivity contribution >= 4 is 5.69 Å². The Bertz CT molecular complexity index is 573. The summed E-state index contributed by atoms with van der Waals surface area (Å²) in [6.07, 6.45) is 3.38. The second kappa shape index (κ2) is 5.92. The van der Waals surface area contributed by atoms with Crippen LogP contribution in [-0.2, 0) is 13.2 Å². The van der Waals surface area contributed by atoms with Crippen LogP contribution in [0.25, 0.3) is 0 Å². The number of hydrogen-bond donors (Lipinski definition) is 1. The van der Waals surface area contributed by atoms with Crippen molar-refractivity contribution < 1.29 is 9.66 Å². The van der Waals surface area contributed by atoms with E-state index in [0.29, 0.717) is 17.9 Å². The fraction of sp³-hybridized carbons (Fsp3) is 0.154. The van der Waals surface area contributed by atoms with Crippen molar-refractivity contribution in [1.29, 1.82) is 0 Å². The molecule has 2 rings (SSSR count). The first kappa shape index (κ1) is 13.0. The lowest BCUT2D eigenvalue weighted by molar-refractivity contribution is -0.384. The molecule has 0 spiro atoms. The van der Waals surface area contributed by atoms with E-state index in [1.165, 1.54) is 12.1 Å². The molecule has 0 amide bonds. The van der Waals surface area contributed by atoms with Gasteiger partial charge in [-0.2, -0.15) is 0 Å². The molecule has 0 unspecified atom stereocenters. The number of pyridine rings is 1. The zero-order valence-electron chi connectivity index (χ0n) is 10.2. The summed E-state index contributed by atoms with van der Waals surface area (Å²) in [7, 11) is 0. The van der Waals surface area contributed by atoms with Crippen LogP contribution in [0.3, 0.4) is 0 Å². The van der Waals surface area contributed by atoms with Crippen molar-refractivity contribution in [3.05, 3.63) is 64.0 Å². The van der Waals surface area contributed by atoms with E-state index in [1.54, 1.807) is 18.5 Å². The van der Waals surface area contributed by atoms with Gasteiger partial charge in [-0.25, -0.2) is 0 Å². The maximum absolute atomic E-state index is 10.7. The average molecular weight is 259 g/mol. The van der Waals surface area contributed by atoms with Gasteiger partial charge in [-0.05, 0) is 12.1 Å². The van der Waals surface area contributed by atoms with Gasteiger partial charge in [0.05, 0.1) is 4.92 Å². The Kier molecular flexibility index (Phi) is 4.04. The molecule has 0 saturated heterocycles. The summed E-state index contributed by atoms with van der Waals surface area (Å²) in [5.41, 5.74) is 7.11. The van der Waals surface area contributed by atoms with E-state index in [2.05, 4.69) is 4.98 Å². The summed E-state index contributed by atoms with van der Waals surface area (Å²) in [6, 6.07) is 8.10. The lowest BCUT2D eigenvalue weighted by Gasteiger charge is -2.10. The highest BCUT2D eigenvalue weighted by Crippen LogP contribution is 2.24. The lowest BCUT2D eigenvalue weighted by Crippen LogP contribution is -2.03. The molecule has 0 aliphatic carbocycles. The summed E-state index contributed by atoms with van der Waals surface area (Å²) in [5.74, 6) is 0.553. The molecule has 1 aromatic carbocycles. The van der Waals surface area contributed by atoms with E-state index >= 15 is 0 Å². The van der Waals surface area contributed by atoms with Crippen molar-refractivity contribution in [1.82, 2.24) is 4.98 Å². The number of ether oxygens (including phenoxy) is 1. The molecule has 0 saturated carbocycles. The Morgan fingerprint density at radius 2 is 2.21 bits per heavy atom. The second-order valence-electron chi connectivity index (χ2n) is 3.90. The van der Waals surface area contributed by atoms with Gasteiger partial charge in [0.1, 0.15) is 12.4 Å². The van der Waals surface area contributed by atoms with Gasteiger partial charge in [-0.15, -0.1) is 0 Å². The highest BCUT2D eigenvalue weighted by atomic mass is 16.6. The van der Waals surface area contributed by atoms with Gasteiger partial charge < -0.3 is 10.5 Å². The van der Waals surface area contributed by atoms with Crippen LogP contribution in [0.2, 0.25) is 0 Å². The normalized spacial score (nSPS) is 10.2. The summed E-state index contributed by atoms with van der Waals surface area (Å²) >= 11 is 0. The number of benzene rings is 1. The molecular weight excluding hydrogens is 246 g/mol. The standard InChI is InChI=1S/C13H13N3O3/c14-7-11-6-12(16(17)18)3-4-13(11)19-9-10-2-1-5-15-8-10/h1-6,8H,7,9,14H2. The van der Waals surface area contributed by atoms with Gasteiger partial charge in [0.25, 0.3) is 5.69 Å². The molecule has 98 valence electrons. The molecule has 1 aromatic heterocycles. The molecule has 2 aromatic rings.